The lowest BCUT2D eigenvalue weighted by molar-refractivity contribution is -0.165. The van der Waals surface area contributed by atoms with E-state index in [0.29, 0.717) is 19.7 Å². The number of likely N-dealkylation sites (tertiary alicyclic amines) is 1. The Morgan fingerprint density at radius 1 is 1.37 bits per heavy atom. The van der Waals surface area contributed by atoms with Crippen LogP contribution >= 0.6 is 0 Å². The van der Waals surface area contributed by atoms with Gasteiger partial charge in [-0.05, 0) is 30.9 Å². The van der Waals surface area contributed by atoms with Gasteiger partial charge in [0.1, 0.15) is 6.10 Å². The van der Waals surface area contributed by atoms with Gasteiger partial charge in [-0.1, -0.05) is 30.3 Å². The van der Waals surface area contributed by atoms with E-state index < -0.39 is 0 Å². The van der Waals surface area contributed by atoms with Crippen molar-refractivity contribution in [1.29, 1.82) is 0 Å². The Balaban J connectivity index is 1.43. The van der Waals surface area contributed by atoms with Crippen molar-refractivity contribution >= 4 is 12.0 Å². The minimum absolute atomic E-state index is 0.00856. The van der Waals surface area contributed by atoms with Crippen molar-refractivity contribution < 1.29 is 14.3 Å². The second-order valence-corrected chi connectivity index (χ2v) is 7.18. The Bertz CT molecular complexity index is 767. The van der Waals surface area contributed by atoms with Gasteiger partial charge in [-0.15, -0.1) is 0 Å². The van der Waals surface area contributed by atoms with Crippen LogP contribution in [0.4, 0.5) is 0 Å². The van der Waals surface area contributed by atoms with Gasteiger partial charge in [0.05, 0.1) is 30.4 Å². The molecular weight excluding hydrogens is 342 g/mol. The Morgan fingerprint density at radius 3 is 3.00 bits per heavy atom. The molecule has 6 nitrogen and oxygen atoms in total. The predicted octanol–water partition coefficient (Wildman–Crippen LogP) is 2.79. The molecule has 1 aromatic heterocycles. The fourth-order valence-electron chi connectivity index (χ4n) is 3.91. The number of nitrogens with zero attached hydrogens (tertiary/aromatic N) is 2. The third kappa shape index (κ3) is 4.12. The average Bonchev–Trinajstić information content (AvgIpc) is 3.39. The van der Waals surface area contributed by atoms with E-state index >= 15 is 0 Å². The van der Waals surface area contributed by atoms with Crippen molar-refractivity contribution in [3.63, 3.8) is 0 Å². The molecule has 0 unspecified atom stereocenters. The molecule has 2 saturated heterocycles. The predicted molar refractivity (Wildman–Crippen MR) is 102 cm³/mol. The van der Waals surface area contributed by atoms with Gasteiger partial charge in [0, 0.05) is 25.8 Å². The zero-order valence-electron chi connectivity index (χ0n) is 15.3. The lowest BCUT2D eigenvalue weighted by Crippen LogP contribution is -2.57. The summed E-state index contributed by atoms with van der Waals surface area (Å²) in [6, 6.07) is 10.1. The van der Waals surface area contributed by atoms with Crippen molar-refractivity contribution in [2.75, 3.05) is 19.7 Å². The monoisotopic (exact) mass is 367 g/mol. The molecule has 3 heterocycles. The number of hydrogen-bond acceptors (Lipinski definition) is 4. The minimum atomic E-state index is -0.251. The van der Waals surface area contributed by atoms with Crippen LogP contribution in [-0.4, -0.2) is 52.2 Å². The lowest BCUT2D eigenvalue weighted by Gasteiger charge is -2.44. The summed E-state index contributed by atoms with van der Waals surface area (Å²) in [4.78, 5) is 21.4. The topological polar surface area (TPSA) is 67.5 Å². The second kappa shape index (κ2) is 8.06. The molecule has 1 spiro atoms. The molecule has 0 saturated carbocycles. The van der Waals surface area contributed by atoms with Gasteiger partial charge in [0.15, 0.2) is 0 Å². The van der Waals surface area contributed by atoms with Gasteiger partial charge in [-0.3, -0.25) is 4.79 Å². The highest BCUT2D eigenvalue weighted by atomic mass is 16.6. The number of aromatic amines is 1. The van der Waals surface area contributed by atoms with E-state index in [1.807, 2.05) is 23.1 Å². The smallest absolute Gasteiger partial charge is 0.246 e. The van der Waals surface area contributed by atoms with Crippen molar-refractivity contribution in [2.45, 2.75) is 37.6 Å². The lowest BCUT2D eigenvalue weighted by atomic mass is 9.85. The number of rotatable bonds is 5. The van der Waals surface area contributed by atoms with Crippen LogP contribution in [0.25, 0.3) is 6.08 Å². The largest absolute Gasteiger partial charge is 0.372 e. The first kappa shape index (κ1) is 17.9. The van der Waals surface area contributed by atoms with Crippen molar-refractivity contribution in [1.82, 2.24) is 14.9 Å². The van der Waals surface area contributed by atoms with Gasteiger partial charge in [0.25, 0.3) is 0 Å². The normalized spacial score (nSPS) is 25.5. The summed E-state index contributed by atoms with van der Waals surface area (Å²) in [6.45, 7) is 2.55. The molecule has 2 aliphatic heterocycles. The highest BCUT2D eigenvalue weighted by Gasteiger charge is 2.47. The standard InChI is InChI=1S/C21H25N3O3/c25-20(8-7-18-13-22-16-23-18)24-11-10-21(9-4-12-27-21)19(14-24)26-15-17-5-2-1-3-6-17/h1-3,5-8,13,16,19H,4,9-12,14-15H2,(H,22,23)/b8-7+/t19-,21-/m0/s1. The second-order valence-electron chi connectivity index (χ2n) is 7.18. The van der Waals surface area contributed by atoms with E-state index in [1.165, 1.54) is 0 Å². The summed E-state index contributed by atoms with van der Waals surface area (Å²) in [5, 5.41) is 0. The number of carbonyl (C=O) groups is 1. The number of benzene rings is 1. The van der Waals surface area contributed by atoms with Gasteiger partial charge in [-0.2, -0.15) is 0 Å². The number of hydrogen-bond donors (Lipinski definition) is 1. The maximum Gasteiger partial charge on any atom is 0.246 e. The minimum Gasteiger partial charge on any atom is -0.372 e. The molecule has 6 heteroatoms. The number of aromatic nitrogens is 2. The average molecular weight is 367 g/mol. The maximum atomic E-state index is 12.6. The van der Waals surface area contributed by atoms with Crippen LogP contribution in [0.3, 0.4) is 0 Å². The third-order valence-corrected chi connectivity index (χ3v) is 5.44. The van der Waals surface area contributed by atoms with Crippen molar-refractivity contribution in [3.8, 4) is 0 Å². The van der Waals surface area contributed by atoms with Gasteiger partial charge < -0.3 is 19.4 Å². The maximum absolute atomic E-state index is 12.6. The molecule has 0 radical (unpaired) electrons. The fourth-order valence-corrected chi connectivity index (χ4v) is 3.91. The molecule has 4 rings (SSSR count). The van der Waals surface area contributed by atoms with E-state index in [4.69, 9.17) is 9.47 Å². The zero-order chi connectivity index (χ0) is 18.5. The molecular formula is C21H25N3O3. The summed E-state index contributed by atoms with van der Waals surface area (Å²) >= 11 is 0. The Morgan fingerprint density at radius 2 is 2.26 bits per heavy atom. The van der Waals surface area contributed by atoms with Gasteiger partial charge >= 0.3 is 0 Å². The summed E-state index contributed by atoms with van der Waals surface area (Å²) in [5.41, 5.74) is 1.69. The molecule has 2 aliphatic rings. The van der Waals surface area contributed by atoms with E-state index in [9.17, 15) is 4.79 Å². The summed E-state index contributed by atoms with van der Waals surface area (Å²) in [7, 11) is 0. The number of nitrogens with one attached hydrogen (secondary N) is 1. The number of ether oxygens (including phenoxy) is 2. The molecule has 0 aliphatic carbocycles. The van der Waals surface area contributed by atoms with Crippen LogP contribution in [0.15, 0.2) is 48.9 Å². The molecule has 1 aromatic carbocycles. The van der Waals surface area contributed by atoms with E-state index in [2.05, 4.69) is 22.1 Å². The SMILES string of the molecule is O=C(/C=C/c1cnc[nH]1)N1CC[C@@]2(CCCO2)[C@@H](OCc2ccccc2)C1. The van der Waals surface area contributed by atoms with Crippen molar-refractivity contribution in [3.05, 3.63) is 60.2 Å². The van der Waals surface area contributed by atoms with Gasteiger partial charge in [-0.25, -0.2) is 4.98 Å². The van der Waals surface area contributed by atoms with Crippen LogP contribution in [0, 0.1) is 0 Å². The highest BCUT2D eigenvalue weighted by molar-refractivity contribution is 5.91. The van der Waals surface area contributed by atoms with Crippen LogP contribution < -0.4 is 0 Å². The van der Waals surface area contributed by atoms with Crippen LogP contribution in [-0.2, 0) is 20.9 Å². The number of amides is 1. The van der Waals surface area contributed by atoms with E-state index in [0.717, 1.165) is 37.1 Å². The number of carbonyl (C=O) groups excluding carboxylic acids is 1. The summed E-state index contributed by atoms with van der Waals surface area (Å²) in [6.07, 6.45) is 9.39. The van der Waals surface area contributed by atoms with E-state index in [-0.39, 0.29) is 17.6 Å². The van der Waals surface area contributed by atoms with E-state index in [1.54, 1.807) is 24.7 Å². The molecule has 1 N–H and O–H groups in total. The summed E-state index contributed by atoms with van der Waals surface area (Å²) < 4.78 is 12.4. The van der Waals surface area contributed by atoms with Crippen LogP contribution in [0.2, 0.25) is 0 Å². The Kier molecular flexibility index (Phi) is 5.36. The fraction of sp³-hybridized carbons (Fsp3) is 0.429. The molecule has 1 amide bonds. The van der Waals surface area contributed by atoms with Crippen LogP contribution in [0.5, 0.6) is 0 Å². The number of H-pyrrole nitrogens is 1. The molecule has 27 heavy (non-hydrogen) atoms. The Labute approximate surface area is 159 Å². The zero-order valence-corrected chi connectivity index (χ0v) is 15.3. The molecule has 0 bridgehead atoms. The molecule has 2 fully saturated rings. The Hall–Kier alpha value is -2.44. The third-order valence-electron chi connectivity index (χ3n) is 5.44. The van der Waals surface area contributed by atoms with Crippen molar-refractivity contribution in [2.24, 2.45) is 0 Å². The first-order valence-corrected chi connectivity index (χ1v) is 9.50. The first-order chi connectivity index (χ1) is 13.3. The van der Waals surface area contributed by atoms with Crippen LogP contribution in [0.1, 0.15) is 30.5 Å². The molecule has 142 valence electrons. The summed E-state index contributed by atoms with van der Waals surface area (Å²) in [5.74, 6) is -0.00856. The highest BCUT2D eigenvalue weighted by Crippen LogP contribution is 2.38. The van der Waals surface area contributed by atoms with Gasteiger partial charge in [0.2, 0.25) is 5.91 Å². The molecule has 2 atom stereocenters. The number of imidazole rings is 1. The number of piperidine rings is 1. The first-order valence-electron chi connectivity index (χ1n) is 9.50. The molecule has 2 aromatic rings. The quantitative estimate of drug-likeness (QED) is 0.825.